The third-order valence-electron chi connectivity index (χ3n) is 4.97. The van der Waals surface area contributed by atoms with Gasteiger partial charge in [-0.3, -0.25) is 4.79 Å². The smallest absolute Gasteiger partial charge is 0.303 e. The molecule has 25 heavy (non-hydrogen) atoms. The van der Waals surface area contributed by atoms with Gasteiger partial charge in [0.15, 0.2) is 0 Å². The van der Waals surface area contributed by atoms with E-state index < -0.39 is 5.97 Å². The molecule has 0 aliphatic heterocycles. The highest BCUT2D eigenvalue weighted by Crippen LogP contribution is 2.12. The van der Waals surface area contributed by atoms with Crippen molar-refractivity contribution in [1.82, 2.24) is 4.57 Å². The fourth-order valence-electron chi connectivity index (χ4n) is 3.45. The van der Waals surface area contributed by atoms with E-state index in [4.69, 9.17) is 5.11 Å². The molecule has 0 amide bonds. The highest BCUT2D eigenvalue weighted by atomic mass is 16.4. The first kappa shape index (κ1) is 21.7. The molecule has 0 bridgehead atoms. The Kier molecular flexibility index (Phi) is 12.1. The molecule has 0 saturated heterocycles. The molecule has 0 atom stereocenters. The minimum Gasteiger partial charge on any atom is -0.481 e. The summed E-state index contributed by atoms with van der Waals surface area (Å²) in [7, 11) is 0. The van der Waals surface area contributed by atoms with Gasteiger partial charge in [0.25, 0.3) is 5.82 Å². The Morgan fingerprint density at radius 1 is 0.960 bits per heavy atom. The number of aliphatic carboxylic acids is 1. The lowest BCUT2D eigenvalue weighted by molar-refractivity contribution is -0.704. The Morgan fingerprint density at radius 3 is 2.12 bits per heavy atom. The molecule has 0 unspecified atom stereocenters. The van der Waals surface area contributed by atoms with Gasteiger partial charge in [-0.1, -0.05) is 64.7 Å². The Bertz CT molecular complexity index is 468. The van der Waals surface area contributed by atoms with E-state index in [0.29, 0.717) is 6.42 Å². The van der Waals surface area contributed by atoms with Gasteiger partial charge in [-0.2, -0.15) is 0 Å². The van der Waals surface area contributed by atoms with E-state index in [2.05, 4.69) is 35.4 Å². The SMILES string of the molecule is CCCCCCCCCCCCc1n(CC)cc[n+]1CCCC(=O)O. The number of unbranched alkanes of at least 4 members (excludes halogenated alkanes) is 9. The van der Waals surface area contributed by atoms with Crippen LogP contribution >= 0.6 is 0 Å². The predicted octanol–water partition coefficient (Wildman–Crippen LogP) is 5.12. The van der Waals surface area contributed by atoms with Crippen LogP contribution in [0.25, 0.3) is 0 Å². The molecule has 0 saturated carbocycles. The molecule has 0 aromatic carbocycles. The van der Waals surface area contributed by atoms with Crippen molar-refractivity contribution in [2.45, 2.75) is 110 Å². The van der Waals surface area contributed by atoms with Gasteiger partial charge < -0.3 is 5.11 Å². The minimum atomic E-state index is -0.702. The second kappa shape index (κ2) is 13.9. The number of nitrogens with zero attached hydrogens (tertiary/aromatic N) is 2. The molecule has 1 aromatic heterocycles. The average Bonchev–Trinajstić information content (AvgIpc) is 2.98. The van der Waals surface area contributed by atoms with E-state index in [1.165, 1.54) is 70.0 Å². The largest absolute Gasteiger partial charge is 0.481 e. The molecule has 4 nitrogen and oxygen atoms in total. The number of hydrogen-bond acceptors (Lipinski definition) is 1. The first-order valence-corrected chi connectivity index (χ1v) is 10.5. The van der Waals surface area contributed by atoms with Gasteiger partial charge in [0.05, 0.1) is 13.1 Å². The summed E-state index contributed by atoms with van der Waals surface area (Å²) in [6.07, 6.45) is 19.9. The second-order valence-electron chi connectivity index (χ2n) is 7.12. The van der Waals surface area contributed by atoms with Crippen molar-refractivity contribution in [3.63, 3.8) is 0 Å². The summed E-state index contributed by atoms with van der Waals surface area (Å²) in [6, 6.07) is 0. The Morgan fingerprint density at radius 2 is 1.56 bits per heavy atom. The van der Waals surface area contributed by atoms with Crippen LogP contribution in [0.3, 0.4) is 0 Å². The van der Waals surface area contributed by atoms with Crippen molar-refractivity contribution < 1.29 is 14.5 Å². The monoisotopic (exact) mass is 351 g/mol. The van der Waals surface area contributed by atoms with Crippen molar-refractivity contribution in [3.8, 4) is 0 Å². The number of aromatic nitrogens is 2. The fourth-order valence-corrected chi connectivity index (χ4v) is 3.45. The number of hydrogen-bond donors (Lipinski definition) is 1. The Hall–Kier alpha value is -1.32. The average molecular weight is 352 g/mol. The molecule has 0 spiro atoms. The van der Waals surface area contributed by atoms with Crippen LogP contribution in [-0.4, -0.2) is 15.6 Å². The lowest BCUT2D eigenvalue weighted by Gasteiger charge is -2.05. The molecule has 1 heterocycles. The summed E-state index contributed by atoms with van der Waals surface area (Å²) in [4.78, 5) is 10.7. The quantitative estimate of drug-likeness (QED) is 0.332. The maximum absolute atomic E-state index is 10.7. The molecule has 1 aromatic rings. The number of aryl methyl sites for hydroxylation is 2. The van der Waals surface area contributed by atoms with Crippen LogP contribution in [-0.2, 0) is 24.3 Å². The van der Waals surface area contributed by atoms with Gasteiger partial charge in [0.1, 0.15) is 12.4 Å². The summed E-state index contributed by atoms with van der Waals surface area (Å²) in [5, 5.41) is 8.80. The minimum absolute atomic E-state index is 0.252. The zero-order valence-electron chi connectivity index (χ0n) is 16.5. The molecule has 1 rings (SSSR count). The summed E-state index contributed by atoms with van der Waals surface area (Å²) in [6.45, 7) is 6.24. The summed E-state index contributed by atoms with van der Waals surface area (Å²) in [5.74, 6) is 0.652. The molecule has 1 N–H and O–H groups in total. The number of carbonyl (C=O) groups is 1. The summed E-state index contributed by atoms with van der Waals surface area (Å²) >= 11 is 0. The molecular weight excluding hydrogens is 312 g/mol. The fraction of sp³-hybridized carbons (Fsp3) is 0.810. The normalized spacial score (nSPS) is 11.1. The van der Waals surface area contributed by atoms with Gasteiger partial charge in [-0.15, -0.1) is 0 Å². The van der Waals surface area contributed by atoms with E-state index >= 15 is 0 Å². The molecule has 0 aliphatic carbocycles. The molecule has 0 radical (unpaired) electrons. The lowest BCUT2D eigenvalue weighted by Crippen LogP contribution is -2.37. The number of carboxylic acid groups (broad SMARTS) is 1. The topological polar surface area (TPSA) is 46.1 Å². The highest BCUT2D eigenvalue weighted by Gasteiger charge is 2.15. The maximum atomic E-state index is 10.7. The van der Waals surface area contributed by atoms with Crippen molar-refractivity contribution in [2.24, 2.45) is 0 Å². The number of rotatable bonds is 16. The van der Waals surface area contributed by atoms with E-state index in [1.54, 1.807) is 0 Å². The predicted molar refractivity (Wildman–Crippen MR) is 103 cm³/mol. The van der Waals surface area contributed by atoms with Crippen LogP contribution in [0.15, 0.2) is 12.4 Å². The lowest BCUT2D eigenvalue weighted by atomic mass is 10.1. The third-order valence-corrected chi connectivity index (χ3v) is 4.97. The zero-order valence-corrected chi connectivity index (χ0v) is 16.5. The van der Waals surface area contributed by atoms with Crippen molar-refractivity contribution >= 4 is 5.97 Å². The standard InChI is InChI=1S/C21H38N2O2/c1-3-5-6-7-8-9-10-11-12-13-15-20-22(4-2)18-19-23(20)17-14-16-21(24)25/h18-19H,3-17H2,1-2H3/p+1. The first-order chi connectivity index (χ1) is 12.2. The van der Waals surface area contributed by atoms with Crippen molar-refractivity contribution in [3.05, 3.63) is 18.2 Å². The first-order valence-electron chi connectivity index (χ1n) is 10.5. The van der Waals surface area contributed by atoms with Crippen LogP contribution in [0.4, 0.5) is 0 Å². The van der Waals surface area contributed by atoms with Gasteiger partial charge in [0.2, 0.25) is 0 Å². The molecular formula is C21H39N2O2+. The second-order valence-corrected chi connectivity index (χ2v) is 7.12. The molecule has 0 aliphatic rings. The van der Waals surface area contributed by atoms with Gasteiger partial charge >= 0.3 is 5.97 Å². The third kappa shape index (κ3) is 9.66. The van der Waals surface area contributed by atoms with Gasteiger partial charge in [-0.25, -0.2) is 9.13 Å². The van der Waals surface area contributed by atoms with Crippen LogP contribution in [0, 0.1) is 0 Å². The van der Waals surface area contributed by atoms with Crippen LogP contribution in [0.2, 0.25) is 0 Å². The van der Waals surface area contributed by atoms with Crippen LogP contribution in [0.1, 0.15) is 96.7 Å². The summed E-state index contributed by atoms with van der Waals surface area (Å²) in [5.41, 5.74) is 0. The van der Waals surface area contributed by atoms with Crippen LogP contribution in [0.5, 0.6) is 0 Å². The Balaban J connectivity index is 2.20. The molecule has 0 fully saturated rings. The number of imidazole rings is 1. The van der Waals surface area contributed by atoms with E-state index in [9.17, 15) is 4.79 Å². The summed E-state index contributed by atoms with van der Waals surface area (Å²) < 4.78 is 4.55. The zero-order chi connectivity index (χ0) is 18.3. The van der Waals surface area contributed by atoms with Gasteiger partial charge in [0, 0.05) is 12.8 Å². The van der Waals surface area contributed by atoms with E-state index in [-0.39, 0.29) is 6.42 Å². The van der Waals surface area contributed by atoms with Crippen molar-refractivity contribution in [2.75, 3.05) is 0 Å². The van der Waals surface area contributed by atoms with Crippen LogP contribution < -0.4 is 4.57 Å². The molecule has 144 valence electrons. The van der Waals surface area contributed by atoms with E-state index in [0.717, 1.165) is 19.5 Å². The molecule has 4 heteroatoms. The Labute approximate surface area is 154 Å². The van der Waals surface area contributed by atoms with Gasteiger partial charge in [-0.05, 0) is 19.8 Å². The van der Waals surface area contributed by atoms with Crippen molar-refractivity contribution in [1.29, 1.82) is 0 Å². The highest BCUT2D eigenvalue weighted by molar-refractivity contribution is 5.66. The number of carboxylic acids is 1. The maximum Gasteiger partial charge on any atom is 0.303 e. The van der Waals surface area contributed by atoms with E-state index in [1.807, 2.05) is 0 Å².